The summed E-state index contributed by atoms with van der Waals surface area (Å²) >= 11 is 0. The Balaban J connectivity index is 1.83. The standard InChI is InChI=1S/C15H17N3O3/c1-18-14(20)10-6-5-9(8-11(10)15(18)21)17-12-4-2-3-7-16-13(12)19/h5-6,8,12,17H,2-4,7H2,1H3,(H,16,19). The second-order valence-electron chi connectivity index (χ2n) is 5.41. The van der Waals surface area contributed by atoms with E-state index in [0.717, 1.165) is 24.2 Å². The van der Waals surface area contributed by atoms with Crippen LogP contribution in [0.5, 0.6) is 0 Å². The number of imide groups is 1. The van der Waals surface area contributed by atoms with Crippen molar-refractivity contribution in [2.24, 2.45) is 0 Å². The number of benzene rings is 1. The molecule has 6 heteroatoms. The molecule has 2 aliphatic heterocycles. The van der Waals surface area contributed by atoms with Gasteiger partial charge in [0.15, 0.2) is 0 Å². The van der Waals surface area contributed by atoms with Gasteiger partial charge in [-0.05, 0) is 37.5 Å². The third-order valence-corrected chi connectivity index (χ3v) is 3.97. The molecule has 1 aromatic rings. The van der Waals surface area contributed by atoms with Crippen LogP contribution < -0.4 is 10.6 Å². The normalized spacial score (nSPS) is 21.9. The Hall–Kier alpha value is -2.37. The number of fused-ring (bicyclic) bond motifs is 1. The van der Waals surface area contributed by atoms with Crippen LogP contribution >= 0.6 is 0 Å². The van der Waals surface area contributed by atoms with Crippen molar-refractivity contribution >= 4 is 23.4 Å². The van der Waals surface area contributed by atoms with Gasteiger partial charge in [0, 0.05) is 19.3 Å². The van der Waals surface area contributed by atoms with Crippen LogP contribution in [0.2, 0.25) is 0 Å². The van der Waals surface area contributed by atoms with Crippen LogP contribution in [0.4, 0.5) is 5.69 Å². The minimum Gasteiger partial charge on any atom is -0.374 e. The quantitative estimate of drug-likeness (QED) is 0.795. The lowest BCUT2D eigenvalue weighted by atomic mass is 10.1. The van der Waals surface area contributed by atoms with Crippen LogP contribution in [-0.2, 0) is 4.79 Å². The molecule has 1 aromatic carbocycles. The van der Waals surface area contributed by atoms with E-state index in [1.54, 1.807) is 18.2 Å². The Morgan fingerprint density at radius 1 is 1.14 bits per heavy atom. The van der Waals surface area contributed by atoms with Crippen LogP contribution in [0, 0.1) is 0 Å². The van der Waals surface area contributed by atoms with Crippen molar-refractivity contribution in [1.82, 2.24) is 10.2 Å². The van der Waals surface area contributed by atoms with Crippen LogP contribution in [0.1, 0.15) is 40.0 Å². The Labute approximate surface area is 122 Å². The van der Waals surface area contributed by atoms with Crippen LogP contribution in [0.15, 0.2) is 18.2 Å². The molecule has 3 rings (SSSR count). The molecule has 2 aliphatic rings. The average molecular weight is 287 g/mol. The number of carbonyl (C=O) groups excluding carboxylic acids is 3. The van der Waals surface area contributed by atoms with Gasteiger partial charge in [-0.3, -0.25) is 19.3 Å². The van der Waals surface area contributed by atoms with E-state index in [4.69, 9.17) is 0 Å². The molecule has 0 bridgehead atoms. The van der Waals surface area contributed by atoms with Crippen molar-refractivity contribution in [3.05, 3.63) is 29.3 Å². The summed E-state index contributed by atoms with van der Waals surface area (Å²) in [4.78, 5) is 36.8. The second-order valence-corrected chi connectivity index (χ2v) is 5.41. The highest BCUT2D eigenvalue weighted by atomic mass is 16.2. The minimum absolute atomic E-state index is 0.0208. The summed E-state index contributed by atoms with van der Waals surface area (Å²) in [6.07, 6.45) is 2.71. The van der Waals surface area contributed by atoms with Gasteiger partial charge in [0.05, 0.1) is 11.1 Å². The first-order valence-electron chi connectivity index (χ1n) is 7.08. The zero-order valence-corrected chi connectivity index (χ0v) is 11.8. The van der Waals surface area contributed by atoms with E-state index in [1.807, 2.05) is 0 Å². The first-order chi connectivity index (χ1) is 10.1. The highest BCUT2D eigenvalue weighted by Crippen LogP contribution is 2.25. The molecule has 0 radical (unpaired) electrons. The molecule has 2 heterocycles. The molecule has 21 heavy (non-hydrogen) atoms. The Morgan fingerprint density at radius 2 is 1.90 bits per heavy atom. The summed E-state index contributed by atoms with van der Waals surface area (Å²) < 4.78 is 0. The van der Waals surface area contributed by atoms with E-state index >= 15 is 0 Å². The number of hydrogen-bond donors (Lipinski definition) is 2. The Morgan fingerprint density at radius 3 is 2.71 bits per heavy atom. The summed E-state index contributed by atoms with van der Waals surface area (Å²) in [5, 5.41) is 6.02. The fraction of sp³-hybridized carbons (Fsp3) is 0.400. The topological polar surface area (TPSA) is 78.5 Å². The summed E-state index contributed by atoms with van der Waals surface area (Å²) in [5.74, 6) is -0.606. The van der Waals surface area contributed by atoms with E-state index in [9.17, 15) is 14.4 Å². The van der Waals surface area contributed by atoms with E-state index in [1.165, 1.54) is 7.05 Å². The van der Waals surface area contributed by atoms with E-state index < -0.39 is 0 Å². The third kappa shape index (κ3) is 2.37. The molecular formula is C15H17N3O3. The molecule has 110 valence electrons. The van der Waals surface area contributed by atoms with Crippen LogP contribution in [0.25, 0.3) is 0 Å². The van der Waals surface area contributed by atoms with Gasteiger partial charge >= 0.3 is 0 Å². The maximum absolute atomic E-state index is 12.0. The van der Waals surface area contributed by atoms with Crippen molar-refractivity contribution < 1.29 is 14.4 Å². The molecule has 6 nitrogen and oxygen atoms in total. The van der Waals surface area contributed by atoms with Gasteiger partial charge < -0.3 is 10.6 Å². The van der Waals surface area contributed by atoms with Crippen molar-refractivity contribution in [1.29, 1.82) is 0 Å². The van der Waals surface area contributed by atoms with Crippen molar-refractivity contribution in [2.75, 3.05) is 18.9 Å². The van der Waals surface area contributed by atoms with E-state index in [2.05, 4.69) is 10.6 Å². The summed E-state index contributed by atoms with van der Waals surface area (Å²) in [6.45, 7) is 0.707. The Bertz CT molecular complexity index is 627. The van der Waals surface area contributed by atoms with Gasteiger partial charge in [-0.25, -0.2) is 0 Å². The minimum atomic E-state index is -0.302. The number of hydrogen-bond acceptors (Lipinski definition) is 4. The molecule has 1 saturated heterocycles. The lowest BCUT2D eigenvalue weighted by molar-refractivity contribution is -0.121. The number of amides is 3. The smallest absolute Gasteiger partial charge is 0.261 e. The second kappa shape index (κ2) is 5.20. The predicted octanol–water partition coefficient (Wildman–Crippen LogP) is 0.993. The molecule has 0 spiro atoms. The molecule has 0 aromatic heterocycles. The van der Waals surface area contributed by atoms with Crippen LogP contribution in [0.3, 0.4) is 0 Å². The fourth-order valence-corrected chi connectivity index (χ4v) is 2.73. The largest absolute Gasteiger partial charge is 0.374 e. The number of anilines is 1. The zero-order valence-electron chi connectivity index (χ0n) is 11.8. The van der Waals surface area contributed by atoms with Gasteiger partial charge in [0.1, 0.15) is 6.04 Å². The van der Waals surface area contributed by atoms with Crippen molar-refractivity contribution in [3.8, 4) is 0 Å². The maximum atomic E-state index is 12.0. The SMILES string of the molecule is CN1C(=O)c2ccc(NC3CCCCNC3=O)cc2C1=O. The number of nitrogens with one attached hydrogen (secondary N) is 2. The third-order valence-electron chi connectivity index (χ3n) is 3.97. The van der Waals surface area contributed by atoms with E-state index in [0.29, 0.717) is 23.4 Å². The molecule has 2 N–H and O–H groups in total. The van der Waals surface area contributed by atoms with Gasteiger partial charge in [0.25, 0.3) is 11.8 Å². The monoisotopic (exact) mass is 287 g/mol. The molecule has 0 aliphatic carbocycles. The molecule has 0 saturated carbocycles. The number of nitrogens with zero attached hydrogens (tertiary/aromatic N) is 1. The summed E-state index contributed by atoms with van der Waals surface area (Å²) in [6, 6.07) is 4.73. The average Bonchev–Trinajstić information content (AvgIpc) is 2.63. The highest BCUT2D eigenvalue weighted by molar-refractivity contribution is 6.21. The Kier molecular flexibility index (Phi) is 3.37. The lowest BCUT2D eigenvalue weighted by Crippen LogP contribution is -2.37. The molecule has 1 unspecified atom stereocenters. The van der Waals surface area contributed by atoms with Gasteiger partial charge in [0.2, 0.25) is 5.91 Å². The van der Waals surface area contributed by atoms with Gasteiger partial charge in [-0.2, -0.15) is 0 Å². The lowest BCUT2D eigenvalue weighted by Gasteiger charge is -2.16. The summed E-state index contributed by atoms with van der Waals surface area (Å²) in [5.41, 5.74) is 1.49. The molecule has 3 amide bonds. The van der Waals surface area contributed by atoms with Crippen LogP contribution in [-0.4, -0.2) is 42.3 Å². The predicted molar refractivity (Wildman–Crippen MR) is 77.1 cm³/mol. The highest BCUT2D eigenvalue weighted by Gasteiger charge is 2.33. The van der Waals surface area contributed by atoms with Crippen molar-refractivity contribution in [3.63, 3.8) is 0 Å². The fourth-order valence-electron chi connectivity index (χ4n) is 2.73. The molecule has 1 atom stereocenters. The van der Waals surface area contributed by atoms with E-state index in [-0.39, 0.29) is 23.8 Å². The van der Waals surface area contributed by atoms with Crippen molar-refractivity contribution in [2.45, 2.75) is 25.3 Å². The molecule has 1 fully saturated rings. The van der Waals surface area contributed by atoms with Gasteiger partial charge in [-0.1, -0.05) is 0 Å². The first-order valence-corrected chi connectivity index (χ1v) is 7.08. The number of rotatable bonds is 2. The molecular weight excluding hydrogens is 270 g/mol. The first kappa shape index (κ1) is 13.6. The zero-order chi connectivity index (χ0) is 15.0. The number of carbonyl (C=O) groups is 3. The summed E-state index contributed by atoms with van der Waals surface area (Å²) in [7, 11) is 1.47. The maximum Gasteiger partial charge on any atom is 0.261 e. The van der Waals surface area contributed by atoms with Gasteiger partial charge in [-0.15, -0.1) is 0 Å².